The van der Waals surface area contributed by atoms with Gasteiger partial charge in [0.2, 0.25) is 0 Å². The predicted octanol–water partition coefficient (Wildman–Crippen LogP) is 3.51. The Morgan fingerprint density at radius 1 is 1.33 bits per heavy atom. The maximum absolute atomic E-state index is 3.62. The minimum absolute atomic E-state index is 0.231. The Morgan fingerprint density at radius 2 is 2.06 bits per heavy atom. The number of nitrogens with zero attached hydrogens (tertiary/aromatic N) is 1. The largest absolute Gasteiger partial charge is 0.370 e. The number of hydrogen-bond acceptors (Lipinski definition) is 2. The number of halogens is 1. The molecule has 1 unspecified atom stereocenters. The summed E-state index contributed by atoms with van der Waals surface area (Å²) < 4.78 is 1.36. The van der Waals surface area contributed by atoms with Gasteiger partial charge in [-0.3, -0.25) is 0 Å². The zero-order valence-electron chi connectivity index (χ0n) is 11.5. The van der Waals surface area contributed by atoms with E-state index in [0.717, 1.165) is 12.5 Å². The minimum atomic E-state index is 0.231. The van der Waals surface area contributed by atoms with Crippen LogP contribution in [0.3, 0.4) is 0 Å². The van der Waals surface area contributed by atoms with Gasteiger partial charge in [0.25, 0.3) is 0 Å². The summed E-state index contributed by atoms with van der Waals surface area (Å²) in [6, 6.07) is 8.68. The van der Waals surface area contributed by atoms with Crippen LogP contribution < -0.4 is 10.2 Å². The fourth-order valence-corrected chi connectivity index (χ4v) is 3.11. The normalized spacial score (nSPS) is 20.4. The lowest BCUT2D eigenvalue weighted by molar-refractivity contribution is 0.383. The Hall–Kier alpha value is -0.290. The molecule has 1 aromatic carbocycles. The van der Waals surface area contributed by atoms with Gasteiger partial charge in [-0.25, -0.2) is 0 Å². The van der Waals surface area contributed by atoms with E-state index in [2.05, 4.69) is 77.8 Å². The zero-order valence-corrected chi connectivity index (χ0v) is 13.7. The third-order valence-corrected chi connectivity index (χ3v) is 4.31. The van der Waals surface area contributed by atoms with E-state index in [-0.39, 0.29) is 5.54 Å². The maximum atomic E-state index is 3.62. The van der Waals surface area contributed by atoms with Crippen LogP contribution in [0.1, 0.15) is 27.2 Å². The van der Waals surface area contributed by atoms with Crippen molar-refractivity contribution in [2.45, 2.75) is 32.7 Å². The first-order valence-corrected chi connectivity index (χ1v) is 7.78. The van der Waals surface area contributed by atoms with E-state index in [9.17, 15) is 0 Å². The maximum Gasteiger partial charge on any atom is 0.0501 e. The second kappa shape index (κ2) is 5.78. The fraction of sp³-hybridized carbons (Fsp3) is 0.600. The number of benzene rings is 1. The zero-order chi connectivity index (χ0) is 13.2. The highest BCUT2D eigenvalue weighted by atomic mass is 127. The number of nitrogens with one attached hydrogen (secondary N) is 1. The minimum Gasteiger partial charge on any atom is -0.370 e. The van der Waals surface area contributed by atoms with E-state index in [1.807, 2.05) is 0 Å². The van der Waals surface area contributed by atoms with Crippen molar-refractivity contribution in [2.75, 3.05) is 24.5 Å². The number of anilines is 1. The summed E-state index contributed by atoms with van der Waals surface area (Å²) in [4.78, 5) is 2.52. The summed E-state index contributed by atoms with van der Waals surface area (Å²) >= 11 is 2.43. The quantitative estimate of drug-likeness (QED) is 0.832. The van der Waals surface area contributed by atoms with Gasteiger partial charge in [-0.1, -0.05) is 12.1 Å². The van der Waals surface area contributed by atoms with Crippen molar-refractivity contribution in [3.8, 4) is 0 Å². The van der Waals surface area contributed by atoms with Crippen LogP contribution in [0.4, 0.5) is 5.69 Å². The van der Waals surface area contributed by atoms with E-state index < -0.39 is 0 Å². The molecule has 1 heterocycles. The van der Waals surface area contributed by atoms with Gasteiger partial charge in [-0.05, 0) is 67.8 Å². The molecule has 3 heteroatoms. The number of rotatable bonds is 3. The molecule has 1 aliphatic heterocycles. The molecule has 2 rings (SSSR count). The summed E-state index contributed by atoms with van der Waals surface area (Å²) in [6.07, 6.45) is 1.30. The molecule has 1 N–H and O–H groups in total. The number of hydrogen-bond donors (Lipinski definition) is 1. The van der Waals surface area contributed by atoms with Crippen molar-refractivity contribution in [1.29, 1.82) is 0 Å². The van der Waals surface area contributed by atoms with Crippen LogP contribution >= 0.6 is 22.6 Å². The molecule has 0 spiro atoms. The second-order valence-electron chi connectivity index (χ2n) is 6.18. The van der Waals surface area contributed by atoms with E-state index in [1.54, 1.807) is 0 Å². The Kier molecular flexibility index (Phi) is 4.54. The Labute approximate surface area is 124 Å². The van der Waals surface area contributed by atoms with Crippen LogP contribution in [0.5, 0.6) is 0 Å². The highest BCUT2D eigenvalue weighted by Gasteiger charge is 2.24. The molecule has 0 aliphatic carbocycles. The van der Waals surface area contributed by atoms with Gasteiger partial charge >= 0.3 is 0 Å². The molecule has 1 atom stereocenters. The van der Waals surface area contributed by atoms with E-state index in [0.29, 0.717) is 0 Å². The highest BCUT2D eigenvalue weighted by molar-refractivity contribution is 14.1. The van der Waals surface area contributed by atoms with Crippen LogP contribution in [0.2, 0.25) is 0 Å². The Balaban J connectivity index is 1.91. The van der Waals surface area contributed by atoms with Crippen molar-refractivity contribution in [2.24, 2.45) is 5.92 Å². The molecule has 100 valence electrons. The van der Waals surface area contributed by atoms with Gasteiger partial charge in [-0.15, -0.1) is 0 Å². The average molecular weight is 358 g/mol. The van der Waals surface area contributed by atoms with Crippen molar-refractivity contribution in [3.63, 3.8) is 0 Å². The summed E-state index contributed by atoms with van der Waals surface area (Å²) in [6.45, 7) is 10.2. The molecular weight excluding hydrogens is 335 g/mol. The number of para-hydroxylation sites is 1. The Bertz CT molecular complexity index is 398. The lowest BCUT2D eigenvalue weighted by Gasteiger charge is -2.24. The fourth-order valence-electron chi connectivity index (χ4n) is 2.38. The van der Waals surface area contributed by atoms with Crippen LogP contribution in [-0.4, -0.2) is 25.2 Å². The van der Waals surface area contributed by atoms with Gasteiger partial charge < -0.3 is 10.2 Å². The molecule has 0 aromatic heterocycles. The summed E-state index contributed by atoms with van der Waals surface area (Å²) in [5.41, 5.74) is 1.63. The summed E-state index contributed by atoms with van der Waals surface area (Å²) in [5.74, 6) is 0.778. The van der Waals surface area contributed by atoms with Gasteiger partial charge in [-0.2, -0.15) is 0 Å². The predicted molar refractivity (Wildman–Crippen MR) is 87.2 cm³/mol. The first-order chi connectivity index (χ1) is 8.46. The topological polar surface area (TPSA) is 15.3 Å². The molecule has 1 aromatic rings. The molecule has 1 saturated heterocycles. The van der Waals surface area contributed by atoms with Crippen LogP contribution in [0, 0.1) is 9.49 Å². The smallest absolute Gasteiger partial charge is 0.0501 e. The average Bonchev–Trinajstić information content (AvgIpc) is 2.75. The van der Waals surface area contributed by atoms with Gasteiger partial charge in [0.1, 0.15) is 0 Å². The van der Waals surface area contributed by atoms with Crippen molar-refractivity contribution >= 4 is 28.3 Å². The van der Waals surface area contributed by atoms with Gasteiger partial charge in [0.05, 0.1) is 5.69 Å². The first-order valence-electron chi connectivity index (χ1n) is 6.70. The van der Waals surface area contributed by atoms with Crippen molar-refractivity contribution in [1.82, 2.24) is 5.32 Å². The standard InChI is InChI=1S/C15H23IN2/c1-15(2,3)17-10-12-8-9-18(11-12)14-7-5-4-6-13(14)16/h4-7,12,17H,8-11H2,1-3H3. The molecular formula is C15H23IN2. The van der Waals surface area contributed by atoms with Gasteiger partial charge in [0, 0.05) is 28.7 Å². The molecule has 0 saturated carbocycles. The molecule has 1 fully saturated rings. The second-order valence-corrected chi connectivity index (χ2v) is 7.35. The van der Waals surface area contributed by atoms with Crippen molar-refractivity contribution < 1.29 is 0 Å². The third kappa shape index (κ3) is 3.85. The van der Waals surface area contributed by atoms with Crippen molar-refractivity contribution in [3.05, 3.63) is 27.8 Å². The molecule has 0 radical (unpaired) electrons. The van der Waals surface area contributed by atoms with Crippen LogP contribution in [0.25, 0.3) is 0 Å². The summed E-state index contributed by atoms with van der Waals surface area (Å²) in [5, 5.41) is 3.62. The Morgan fingerprint density at radius 3 is 2.72 bits per heavy atom. The highest BCUT2D eigenvalue weighted by Crippen LogP contribution is 2.27. The van der Waals surface area contributed by atoms with E-state index in [1.165, 1.54) is 28.8 Å². The summed E-state index contributed by atoms with van der Waals surface area (Å²) in [7, 11) is 0. The lowest BCUT2D eigenvalue weighted by Crippen LogP contribution is -2.39. The van der Waals surface area contributed by atoms with Crippen LogP contribution in [-0.2, 0) is 0 Å². The molecule has 2 nitrogen and oxygen atoms in total. The molecule has 18 heavy (non-hydrogen) atoms. The SMILES string of the molecule is CC(C)(C)NCC1CCN(c2ccccc2I)C1. The molecule has 1 aliphatic rings. The lowest BCUT2D eigenvalue weighted by atomic mass is 10.1. The monoisotopic (exact) mass is 358 g/mol. The first kappa shape index (κ1) is 14.1. The van der Waals surface area contributed by atoms with Crippen LogP contribution in [0.15, 0.2) is 24.3 Å². The third-order valence-electron chi connectivity index (χ3n) is 3.40. The van der Waals surface area contributed by atoms with E-state index >= 15 is 0 Å². The molecule has 0 amide bonds. The van der Waals surface area contributed by atoms with Gasteiger partial charge in [0.15, 0.2) is 0 Å². The van der Waals surface area contributed by atoms with E-state index in [4.69, 9.17) is 0 Å². The molecule has 0 bridgehead atoms.